The number of carboxylic acids is 1. The molecule has 0 radical (unpaired) electrons. The number of aromatic nitrogens is 1. The number of carboxylic acid groups (broad SMARTS) is 1. The number of piperidine rings is 1. The van der Waals surface area contributed by atoms with E-state index in [0.29, 0.717) is 0 Å². The second kappa shape index (κ2) is 5.48. The Morgan fingerprint density at radius 1 is 1.39 bits per heavy atom. The van der Waals surface area contributed by atoms with Gasteiger partial charge in [-0.2, -0.15) is 0 Å². The SMILES string of the molecule is CCC1(C(=O)O)CCN(Cc2ccncc2)CC1. The third-order valence-electron chi connectivity index (χ3n) is 4.10. The minimum atomic E-state index is -0.631. The van der Waals surface area contributed by atoms with Crippen LogP contribution in [-0.4, -0.2) is 34.0 Å². The second-order valence-electron chi connectivity index (χ2n) is 5.07. The molecule has 18 heavy (non-hydrogen) atoms. The molecule has 0 aliphatic carbocycles. The number of carbonyl (C=O) groups is 1. The summed E-state index contributed by atoms with van der Waals surface area (Å²) in [5, 5.41) is 9.34. The molecule has 4 nitrogen and oxygen atoms in total. The Morgan fingerprint density at radius 3 is 2.50 bits per heavy atom. The van der Waals surface area contributed by atoms with Crippen LogP contribution in [0.25, 0.3) is 0 Å². The highest BCUT2D eigenvalue weighted by atomic mass is 16.4. The Bertz CT molecular complexity index is 398. The molecule has 0 atom stereocenters. The van der Waals surface area contributed by atoms with Crippen molar-refractivity contribution in [2.24, 2.45) is 5.41 Å². The average molecular weight is 248 g/mol. The quantitative estimate of drug-likeness (QED) is 0.887. The topological polar surface area (TPSA) is 53.4 Å². The van der Waals surface area contributed by atoms with Crippen molar-refractivity contribution in [3.63, 3.8) is 0 Å². The predicted molar refractivity (Wildman–Crippen MR) is 69.1 cm³/mol. The molecule has 98 valence electrons. The summed E-state index contributed by atoms with van der Waals surface area (Å²) in [6, 6.07) is 4.03. The molecular formula is C14H20N2O2. The molecule has 1 saturated heterocycles. The van der Waals surface area contributed by atoms with Crippen LogP contribution in [0.3, 0.4) is 0 Å². The molecule has 4 heteroatoms. The number of pyridine rings is 1. The fourth-order valence-electron chi connectivity index (χ4n) is 2.60. The molecule has 1 aliphatic rings. The van der Waals surface area contributed by atoms with Gasteiger partial charge in [0.25, 0.3) is 0 Å². The average Bonchev–Trinajstić information content (AvgIpc) is 2.41. The lowest BCUT2D eigenvalue weighted by Crippen LogP contribution is -2.43. The van der Waals surface area contributed by atoms with E-state index < -0.39 is 11.4 Å². The normalized spacial score (nSPS) is 19.6. The predicted octanol–water partition coefficient (Wildman–Crippen LogP) is 2.16. The van der Waals surface area contributed by atoms with E-state index in [1.165, 1.54) is 5.56 Å². The van der Waals surface area contributed by atoms with Crippen LogP contribution in [0.1, 0.15) is 31.7 Å². The summed E-state index contributed by atoms with van der Waals surface area (Å²) in [7, 11) is 0. The van der Waals surface area contributed by atoms with Crippen molar-refractivity contribution in [1.82, 2.24) is 9.88 Å². The van der Waals surface area contributed by atoms with E-state index in [0.717, 1.165) is 38.9 Å². The van der Waals surface area contributed by atoms with Crippen LogP contribution in [0.15, 0.2) is 24.5 Å². The zero-order valence-corrected chi connectivity index (χ0v) is 10.8. The van der Waals surface area contributed by atoms with E-state index in [4.69, 9.17) is 0 Å². The summed E-state index contributed by atoms with van der Waals surface area (Å²) in [5.41, 5.74) is 0.749. The first-order chi connectivity index (χ1) is 8.66. The molecular weight excluding hydrogens is 228 g/mol. The molecule has 2 heterocycles. The van der Waals surface area contributed by atoms with Crippen molar-refractivity contribution in [2.75, 3.05) is 13.1 Å². The van der Waals surface area contributed by atoms with Gasteiger partial charge in [-0.05, 0) is 50.0 Å². The Morgan fingerprint density at radius 2 is 2.00 bits per heavy atom. The van der Waals surface area contributed by atoms with Gasteiger partial charge in [0.15, 0.2) is 0 Å². The van der Waals surface area contributed by atoms with Gasteiger partial charge in [0.05, 0.1) is 5.41 Å². The van der Waals surface area contributed by atoms with E-state index in [1.807, 2.05) is 19.1 Å². The van der Waals surface area contributed by atoms with Gasteiger partial charge in [-0.3, -0.25) is 14.7 Å². The fourth-order valence-corrected chi connectivity index (χ4v) is 2.60. The second-order valence-corrected chi connectivity index (χ2v) is 5.07. The number of likely N-dealkylation sites (tertiary alicyclic amines) is 1. The first-order valence-corrected chi connectivity index (χ1v) is 6.51. The van der Waals surface area contributed by atoms with Gasteiger partial charge >= 0.3 is 5.97 Å². The molecule has 0 saturated carbocycles. The molecule has 0 unspecified atom stereocenters. The van der Waals surface area contributed by atoms with Crippen LogP contribution in [0.4, 0.5) is 0 Å². The van der Waals surface area contributed by atoms with Gasteiger partial charge in [-0.15, -0.1) is 0 Å². The lowest BCUT2D eigenvalue weighted by Gasteiger charge is -2.38. The zero-order chi connectivity index (χ0) is 13.0. The smallest absolute Gasteiger partial charge is 0.309 e. The van der Waals surface area contributed by atoms with Crippen LogP contribution in [0, 0.1) is 5.41 Å². The number of aliphatic carboxylic acids is 1. The Hall–Kier alpha value is -1.42. The minimum Gasteiger partial charge on any atom is -0.481 e. The first-order valence-electron chi connectivity index (χ1n) is 6.51. The summed E-state index contributed by atoms with van der Waals surface area (Å²) >= 11 is 0. The van der Waals surface area contributed by atoms with E-state index in [-0.39, 0.29) is 0 Å². The standard InChI is InChI=1S/C14H20N2O2/c1-2-14(13(17)18)5-9-16(10-6-14)11-12-3-7-15-8-4-12/h3-4,7-8H,2,5-6,9-11H2,1H3,(H,17,18). The monoisotopic (exact) mass is 248 g/mol. The maximum Gasteiger partial charge on any atom is 0.309 e. The van der Waals surface area contributed by atoms with Crippen molar-refractivity contribution in [3.8, 4) is 0 Å². The zero-order valence-electron chi connectivity index (χ0n) is 10.8. The molecule has 1 aliphatic heterocycles. The third-order valence-corrected chi connectivity index (χ3v) is 4.10. The first kappa shape index (κ1) is 13.0. The van der Waals surface area contributed by atoms with E-state index in [9.17, 15) is 9.90 Å². The number of nitrogens with zero attached hydrogens (tertiary/aromatic N) is 2. The summed E-state index contributed by atoms with van der Waals surface area (Å²) < 4.78 is 0. The third kappa shape index (κ3) is 2.70. The molecule has 0 aromatic carbocycles. The summed E-state index contributed by atoms with van der Waals surface area (Å²) in [6.07, 6.45) is 5.83. The molecule has 0 bridgehead atoms. The number of rotatable bonds is 4. The highest BCUT2D eigenvalue weighted by Gasteiger charge is 2.39. The highest BCUT2D eigenvalue weighted by molar-refractivity contribution is 5.74. The van der Waals surface area contributed by atoms with Crippen molar-refractivity contribution in [3.05, 3.63) is 30.1 Å². The summed E-state index contributed by atoms with van der Waals surface area (Å²) in [4.78, 5) is 17.7. The van der Waals surface area contributed by atoms with Crippen molar-refractivity contribution >= 4 is 5.97 Å². The molecule has 0 spiro atoms. The van der Waals surface area contributed by atoms with E-state index in [2.05, 4.69) is 9.88 Å². The molecule has 2 rings (SSSR count). The van der Waals surface area contributed by atoms with Gasteiger partial charge in [0.2, 0.25) is 0 Å². The van der Waals surface area contributed by atoms with Crippen molar-refractivity contribution in [2.45, 2.75) is 32.7 Å². The fraction of sp³-hybridized carbons (Fsp3) is 0.571. The van der Waals surface area contributed by atoms with Crippen LogP contribution in [-0.2, 0) is 11.3 Å². The molecule has 1 N–H and O–H groups in total. The maximum absolute atomic E-state index is 11.3. The summed E-state index contributed by atoms with van der Waals surface area (Å²) in [6.45, 7) is 4.60. The number of hydrogen-bond acceptors (Lipinski definition) is 3. The lowest BCUT2D eigenvalue weighted by atomic mass is 9.76. The van der Waals surface area contributed by atoms with Gasteiger partial charge in [-0.1, -0.05) is 6.92 Å². The van der Waals surface area contributed by atoms with Crippen molar-refractivity contribution in [1.29, 1.82) is 0 Å². The van der Waals surface area contributed by atoms with Gasteiger partial charge in [0, 0.05) is 18.9 Å². The van der Waals surface area contributed by atoms with Gasteiger partial charge in [0.1, 0.15) is 0 Å². The Balaban J connectivity index is 1.93. The summed E-state index contributed by atoms with van der Waals surface area (Å²) in [5.74, 6) is -0.631. The van der Waals surface area contributed by atoms with Gasteiger partial charge in [-0.25, -0.2) is 0 Å². The largest absolute Gasteiger partial charge is 0.481 e. The van der Waals surface area contributed by atoms with Crippen LogP contribution in [0.2, 0.25) is 0 Å². The Labute approximate surface area is 108 Å². The maximum atomic E-state index is 11.3. The van der Waals surface area contributed by atoms with Gasteiger partial charge < -0.3 is 5.11 Å². The van der Waals surface area contributed by atoms with Crippen LogP contribution in [0.5, 0.6) is 0 Å². The van der Waals surface area contributed by atoms with E-state index >= 15 is 0 Å². The minimum absolute atomic E-state index is 0.491. The van der Waals surface area contributed by atoms with Crippen molar-refractivity contribution < 1.29 is 9.90 Å². The van der Waals surface area contributed by atoms with Crippen LogP contribution >= 0.6 is 0 Å². The van der Waals surface area contributed by atoms with E-state index in [1.54, 1.807) is 12.4 Å². The lowest BCUT2D eigenvalue weighted by molar-refractivity contribution is -0.152. The van der Waals surface area contributed by atoms with Crippen LogP contribution < -0.4 is 0 Å². The Kier molecular flexibility index (Phi) is 3.97. The molecule has 1 fully saturated rings. The number of hydrogen-bond donors (Lipinski definition) is 1. The molecule has 0 amide bonds. The highest BCUT2D eigenvalue weighted by Crippen LogP contribution is 2.35. The molecule has 1 aromatic rings. The molecule has 1 aromatic heterocycles.